The average Bonchev–Trinajstić information content (AvgIpc) is 2.02. The van der Waals surface area contributed by atoms with Gasteiger partial charge in [0.05, 0.1) is 18.8 Å². The normalized spacial score (nSPS) is 44.4. The highest BCUT2D eigenvalue weighted by atomic mass is 16.5. The molecular weight excluding hydrogens is 170 g/mol. The van der Waals surface area contributed by atoms with Crippen molar-refractivity contribution in [3.63, 3.8) is 0 Å². The van der Waals surface area contributed by atoms with Gasteiger partial charge in [0.2, 0.25) is 5.91 Å². The van der Waals surface area contributed by atoms with Crippen molar-refractivity contribution in [1.29, 1.82) is 0 Å². The van der Waals surface area contributed by atoms with Gasteiger partial charge in [0.25, 0.3) is 0 Å². The fourth-order valence-electron chi connectivity index (χ4n) is 2.18. The molecule has 5 N–H and O–H groups in total. The van der Waals surface area contributed by atoms with E-state index in [9.17, 15) is 4.79 Å². The molecule has 0 saturated carbocycles. The molecule has 0 aliphatic carbocycles. The second-order valence-corrected chi connectivity index (χ2v) is 4.03. The number of morpholine rings is 1. The van der Waals surface area contributed by atoms with Gasteiger partial charge in [-0.05, 0) is 12.8 Å². The van der Waals surface area contributed by atoms with E-state index >= 15 is 0 Å². The first-order valence-electron chi connectivity index (χ1n) is 4.53. The minimum absolute atomic E-state index is 0.185. The number of amides is 1. The summed E-state index contributed by atoms with van der Waals surface area (Å²) in [5, 5.41) is 3.35. The first-order chi connectivity index (χ1) is 6.10. The van der Waals surface area contributed by atoms with Crippen molar-refractivity contribution in [2.24, 2.45) is 11.5 Å². The molecule has 0 aromatic rings. The SMILES string of the molecule is NC(=O)C1(N)CC2COCC(C1)N2. The average molecular weight is 185 g/mol. The van der Waals surface area contributed by atoms with Crippen molar-refractivity contribution < 1.29 is 9.53 Å². The molecule has 5 heteroatoms. The van der Waals surface area contributed by atoms with Gasteiger partial charge in [-0.1, -0.05) is 0 Å². The maximum Gasteiger partial charge on any atom is 0.237 e. The van der Waals surface area contributed by atoms with Gasteiger partial charge < -0.3 is 21.5 Å². The lowest BCUT2D eigenvalue weighted by Crippen LogP contribution is -2.67. The van der Waals surface area contributed by atoms with Crippen LogP contribution in [0.4, 0.5) is 0 Å². The number of primary amides is 1. The zero-order chi connectivity index (χ0) is 9.47. The summed E-state index contributed by atoms with van der Waals surface area (Å²) in [5.41, 5.74) is 10.4. The van der Waals surface area contributed by atoms with E-state index in [0.717, 1.165) is 0 Å². The number of piperidine rings is 1. The second kappa shape index (κ2) is 2.94. The van der Waals surface area contributed by atoms with Crippen molar-refractivity contribution in [3.8, 4) is 0 Å². The Labute approximate surface area is 76.8 Å². The van der Waals surface area contributed by atoms with Gasteiger partial charge >= 0.3 is 0 Å². The molecule has 1 amide bonds. The Kier molecular flexibility index (Phi) is 2.02. The lowest BCUT2D eigenvalue weighted by Gasteiger charge is -2.44. The molecule has 2 fully saturated rings. The van der Waals surface area contributed by atoms with Gasteiger partial charge in [-0.25, -0.2) is 0 Å². The highest BCUT2D eigenvalue weighted by molar-refractivity contribution is 5.84. The third kappa shape index (κ3) is 1.54. The molecule has 0 aromatic heterocycles. The summed E-state index contributed by atoms with van der Waals surface area (Å²) in [4.78, 5) is 11.1. The van der Waals surface area contributed by atoms with Crippen LogP contribution in [0.1, 0.15) is 12.8 Å². The highest BCUT2D eigenvalue weighted by Gasteiger charge is 2.43. The molecule has 0 spiro atoms. The summed E-state index contributed by atoms with van der Waals surface area (Å²) in [6, 6.07) is 0.370. The van der Waals surface area contributed by atoms with E-state index in [-0.39, 0.29) is 12.1 Å². The summed E-state index contributed by atoms with van der Waals surface area (Å²) in [6.07, 6.45) is 1.16. The van der Waals surface area contributed by atoms with Gasteiger partial charge in [-0.2, -0.15) is 0 Å². The van der Waals surface area contributed by atoms with Crippen LogP contribution in [0.25, 0.3) is 0 Å². The lowest BCUT2D eigenvalue weighted by atomic mass is 9.80. The zero-order valence-electron chi connectivity index (χ0n) is 7.45. The van der Waals surface area contributed by atoms with Crippen molar-refractivity contribution in [3.05, 3.63) is 0 Å². The van der Waals surface area contributed by atoms with E-state index in [1.54, 1.807) is 0 Å². The van der Waals surface area contributed by atoms with E-state index in [1.807, 2.05) is 0 Å². The number of ether oxygens (including phenoxy) is 1. The molecular formula is C8H15N3O2. The maximum absolute atomic E-state index is 11.1. The van der Waals surface area contributed by atoms with Gasteiger partial charge in [-0.15, -0.1) is 0 Å². The number of nitrogens with one attached hydrogen (secondary N) is 1. The highest BCUT2D eigenvalue weighted by Crippen LogP contribution is 2.25. The number of nitrogens with two attached hydrogens (primary N) is 2. The van der Waals surface area contributed by atoms with Gasteiger partial charge in [-0.3, -0.25) is 4.79 Å². The molecule has 2 heterocycles. The Balaban J connectivity index is 2.13. The van der Waals surface area contributed by atoms with Crippen LogP contribution >= 0.6 is 0 Å². The molecule has 13 heavy (non-hydrogen) atoms. The molecule has 0 aromatic carbocycles. The van der Waals surface area contributed by atoms with Gasteiger partial charge in [0, 0.05) is 12.1 Å². The fourth-order valence-corrected chi connectivity index (χ4v) is 2.18. The Morgan fingerprint density at radius 2 is 1.92 bits per heavy atom. The van der Waals surface area contributed by atoms with Crippen LogP contribution < -0.4 is 16.8 Å². The van der Waals surface area contributed by atoms with Crippen LogP contribution in [-0.2, 0) is 9.53 Å². The predicted octanol–water partition coefficient (Wildman–Crippen LogP) is -1.68. The minimum Gasteiger partial charge on any atom is -0.378 e. The molecule has 2 aliphatic heterocycles. The Morgan fingerprint density at radius 1 is 1.38 bits per heavy atom. The first-order valence-corrected chi connectivity index (χ1v) is 4.53. The Hall–Kier alpha value is -0.650. The number of carbonyl (C=O) groups is 1. The fraction of sp³-hybridized carbons (Fsp3) is 0.875. The van der Waals surface area contributed by atoms with Crippen molar-refractivity contribution in [2.75, 3.05) is 13.2 Å². The monoisotopic (exact) mass is 185 g/mol. The molecule has 74 valence electrons. The number of hydrogen-bond donors (Lipinski definition) is 3. The third-order valence-corrected chi connectivity index (χ3v) is 2.82. The summed E-state index contributed by atoms with van der Waals surface area (Å²) in [5.74, 6) is -0.397. The number of fused-ring (bicyclic) bond motifs is 2. The second-order valence-electron chi connectivity index (χ2n) is 4.03. The van der Waals surface area contributed by atoms with Crippen LogP contribution in [0.2, 0.25) is 0 Å². The van der Waals surface area contributed by atoms with Crippen LogP contribution in [-0.4, -0.2) is 36.7 Å². The quantitative estimate of drug-likeness (QED) is 0.455. The van der Waals surface area contributed by atoms with Crippen LogP contribution in [0, 0.1) is 0 Å². The van der Waals surface area contributed by atoms with Crippen LogP contribution in [0.15, 0.2) is 0 Å². The van der Waals surface area contributed by atoms with E-state index in [4.69, 9.17) is 16.2 Å². The maximum atomic E-state index is 11.1. The minimum atomic E-state index is -0.829. The molecule has 2 aliphatic rings. The number of carbonyl (C=O) groups excluding carboxylic acids is 1. The zero-order valence-corrected chi connectivity index (χ0v) is 7.45. The number of hydrogen-bond acceptors (Lipinski definition) is 4. The summed E-state index contributed by atoms with van der Waals surface area (Å²) in [6.45, 7) is 1.26. The predicted molar refractivity (Wildman–Crippen MR) is 46.9 cm³/mol. The Bertz CT molecular complexity index is 219. The molecule has 5 nitrogen and oxygen atoms in total. The van der Waals surface area contributed by atoms with E-state index in [0.29, 0.717) is 26.1 Å². The molecule has 0 radical (unpaired) electrons. The molecule has 2 saturated heterocycles. The number of rotatable bonds is 1. The lowest BCUT2D eigenvalue weighted by molar-refractivity contribution is -0.126. The molecule has 2 bridgehead atoms. The molecule has 2 unspecified atom stereocenters. The standard InChI is InChI=1S/C8H15N3O2/c9-7(12)8(10)1-5-3-13-4-6(2-8)11-5/h5-6,11H,1-4,10H2,(H2,9,12). The summed E-state index contributed by atoms with van der Waals surface area (Å²) in [7, 11) is 0. The van der Waals surface area contributed by atoms with E-state index < -0.39 is 11.4 Å². The van der Waals surface area contributed by atoms with E-state index in [2.05, 4.69) is 5.32 Å². The molecule has 2 rings (SSSR count). The summed E-state index contributed by atoms with van der Waals surface area (Å²) < 4.78 is 5.34. The van der Waals surface area contributed by atoms with Crippen molar-refractivity contribution in [1.82, 2.24) is 5.32 Å². The Morgan fingerprint density at radius 3 is 2.38 bits per heavy atom. The van der Waals surface area contributed by atoms with Crippen molar-refractivity contribution in [2.45, 2.75) is 30.5 Å². The van der Waals surface area contributed by atoms with Crippen LogP contribution in [0.5, 0.6) is 0 Å². The third-order valence-electron chi connectivity index (χ3n) is 2.82. The largest absolute Gasteiger partial charge is 0.378 e. The first kappa shape index (κ1) is 8.93. The van der Waals surface area contributed by atoms with E-state index in [1.165, 1.54) is 0 Å². The smallest absolute Gasteiger partial charge is 0.237 e. The van der Waals surface area contributed by atoms with Gasteiger partial charge in [0.15, 0.2) is 0 Å². The van der Waals surface area contributed by atoms with Crippen LogP contribution in [0.3, 0.4) is 0 Å². The molecule has 2 atom stereocenters. The van der Waals surface area contributed by atoms with Gasteiger partial charge in [0.1, 0.15) is 0 Å². The van der Waals surface area contributed by atoms with Crippen molar-refractivity contribution >= 4 is 5.91 Å². The summed E-state index contributed by atoms with van der Waals surface area (Å²) >= 11 is 0. The topological polar surface area (TPSA) is 90.4 Å².